The van der Waals surface area contributed by atoms with Crippen molar-refractivity contribution in [3.05, 3.63) is 0 Å². The molecule has 0 amide bonds. The molecule has 16 heavy (non-hydrogen) atoms. The molecule has 0 aliphatic rings. The fraction of sp³-hybridized carbons (Fsp3) is 0.833. The molecular weight excluding hydrogens is 268 g/mol. The van der Waals surface area contributed by atoms with Gasteiger partial charge in [-0.2, -0.15) is 0 Å². The molecule has 0 aromatic carbocycles. The number of hydrogen-bond acceptors (Lipinski definition) is 9. The van der Waals surface area contributed by atoms with Crippen LogP contribution >= 0.6 is 0 Å². The molecule has 5 N–H and O–H groups in total. The zero-order chi connectivity index (χ0) is 13.3. The summed E-state index contributed by atoms with van der Waals surface area (Å²) in [6.45, 7) is -0.760. The number of aldehydes is 1. The van der Waals surface area contributed by atoms with Gasteiger partial charge in [0.15, 0.2) is 6.29 Å². The number of carbonyl (C=O) groups excluding carboxylic acids is 1. The van der Waals surface area contributed by atoms with Crippen molar-refractivity contribution in [2.75, 3.05) is 6.61 Å². The van der Waals surface area contributed by atoms with E-state index in [1.54, 1.807) is 0 Å². The Labute approximate surface area is 93.6 Å². The van der Waals surface area contributed by atoms with Gasteiger partial charge in [-0.1, -0.05) is 0 Å². The molecular formula is C6H12CrO9. The third-order valence-electron chi connectivity index (χ3n) is 1.42. The summed E-state index contributed by atoms with van der Waals surface area (Å²) in [5.74, 6) is 0. The van der Waals surface area contributed by atoms with Gasteiger partial charge in [0.25, 0.3) is 0 Å². The standard InChI is InChI=1S/C6H12O6.Cr.3O/c7-1-3(9)5(11)6(12)4(10)2-8;;;;/h1,3-6,8-12H,2H2;;;;/t3-,4+,5+,6+;;;;/m0..../s1. The van der Waals surface area contributed by atoms with Gasteiger partial charge in [-0.15, -0.1) is 0 Å². The fourth-order valence-corrected chi connectivity index (χ4v) is 0.618. The number of aliphatic hydroxyl groups excluding tert-OH is 5. The summed E-state index contributed by atoms with van der Waals surface area (Å²) < 4.78 is 25.6. The summed E-state index contributed by atoms with van der Waals surface area (Å²) in [4.78, 5) is 9.90. The molecule has 0 unspecified atom stereocenters. The number of hydrogen-bond donors (Lipinski definition) is 5. The molecule has 0 aliphatic heterocycles. The van der Waals surface area contributed by atoms with E-state index in [9.17, 15) is 4.79 Å². The Bertz CT molecular complexity index is 277. The van der Waals surface area contributed by atoms with Gasteiger partial charge in [0.1, 0.15) is 24.4 Å². The molecule has 9 nitrogen and oxygen atoms in total. The van der Waals surface area contributed by atoms with Crippen LogP contribution in [0.3, 0.4) is 0 Å². The molecule has 96 valence electrons. The molecule has 0 saturated carbocycles. The van der Waals surface area contributed by atoms with Crippen molar-refractivity contribution < 1.29 is 55.7 Å². The van der Waals surface area contributed by atoms with Crippen LogP contribution < -0.4 is 0 Å². The molecule has 10 heteroatoms. The topological polar surface area (TPSA) is 169 Å². The summed E-state index contributed by atoms with van der Waals surface area (Å²) in [5, 5.41) is 43.5. The third-order valence-corrected chi connectivity index (χ3v) is 1.42. The normalized spacial score (nSPS) is 17.3. The second kappa shape index (κ2) is 9.62. The van der Waals surface area contributed by atoms with Gasteiger partial charge in [-0.3, -0.25) is 0 Å². The van der Waals surface area contributed by atoms with Crippen LogP contribution in [-0.4, -0.2) is 62.8 Å². The Morgan fingerprint density at radius 3 is 1.62 bits per heavy atom. The maximum absolute atomic E-state index is 9.90. The molecule has 0 aromatic rings. The van der Waals surface area contributed by atoms with Crippen LogP contribution in [0, 0.1) is 0 Å². The minimum absolute atomic E-state index is 0.0258. The fourth-order valence-electron chi connectivity index (χ4n) is 0.618. The number of aliphatic hydroxyl groups is 5. The first-order chi connectivity index (χ1) is 7.27. The van der Waals surface area contributed by atoms with E-state index in [2.05, 4.69) is 0 Å². The zero-order valence-electron chi connectivity index (χ0n) is 7.87. The van der Waals surface area contributed by atoms with Crippen molar-refractivity contribution in [1.82, 2.24) is 0 Å². The van der Waals surface area contributed by atoms with E-state index in [4.69, 9.17) is 36.9 Å². The first kappa shape index (κ1) is 17.8. The molecule has 0 rings (SSSR count). The number of carbonyl (C=O) groups is 1. The predicted molar refractivity (Wildman–Crippen MR) is 39.2 cm³/mol. The predicted octanol–water partition coefficient (Wildman–Crippen LogP) is -3.74. The van der Waals surface area contributed by atoms with Crippen molar-refractivity contribution in [2.45, 2.75) is 24.4 Å². The van der Waals surface area contributed by atoms with Crippen molar-refractivity contribution in [1.29, 1.82) is 0 Å². The van der Waals surface area contributed by atoms with Crippen molar-refractivity contribution >= 4 is 6.29 Å². The average Bonchev–Trinajstić information content (AvgIpc) is 2.24. The molecule has 0 radical (unpaired) electrons. The van der Waals surface area contributed by atoms with Gasteiger partial charge >= 0.3 is 25.4 Å². The summed E-state index contributed by atoms with van der Waals surface area (Å²) in [6.07, 6.45) is -6.84. The van der Waals surface area contributed by atoms with Gasteiger partial charge in [0, 0.05) is 0 Å². The van der Waals surface area contributed by atoms with Crippen LogP contribution in [-0.2, 0) is 30.2 Å². The van der Waals surface area contributed by atoms with Gasteiger partial charge in [0.2, 0.25) is 0 Å². The van der Waals surface area contributed by atoms with E-state index in [1.807, 2.05) is 0 Å². The van der Waals surface area contributed by atoms with Crippen molar-refractivity contribution in [2.24, 2.45) is 0 Å². The molecule has 0 aliphatic carbocycles. The Hall–Kier alpha value is -0.598. The molecule has 0 bridgehead atoms. The van der Waals surface area contributed by atoms with Crippen LogP contribution in [0.25, 0.3) is 0 Å². The molecule has 0 heterocycles. The Morgan fingerprint density at radius 2 is 1.38 bits per heavy atom. The Balaban J connectivity index is 0. The first-order valence-electron chi connectivity index (χ1n) is 3.83. The van der Waals surface area contributed by atoms with Crippen molar-refractivity contribution in [3.8, 4) is 0 Å². The van der Waals surface area contributed by atoms with Gasteiger partial charge in [-0.05, 0) is 0 Å². The van der Waals surface area contributed by atoms with E-state index in [0.29, 0.717) is 0 Å². The molecule has 0 spiro atoms. The average molecular weight is 280 g/mol. The van der Waals surface area contributed by atoms with Crippen LogP contribution in [0.15, 0.2) is 0 Å². The second-order valence-corrected chi connectivity index (χ2v) is 3.20. The van der Waals surface area contributed by atoms with Gasteiger partial charge < -0.3 is 30.3 Å². The summed E-state index contributed by atoms with van der Waals surface area (Å²) in [5.41, 5.74) is 0. The van der Waals surface area contributed by atoms with E-state index in [1.165, 1.54) is 0 Å². The minimum atomic E-state index is -3.79. The van der Waals surface area contributed by atoms with E-state index in [-0.39, 0.29) is 6.29 Å². The Kier molecular flexibility index (Phi) is 10.7. The maximum atomic E-state index is 9.90. The third kappa shape index (κ3) is 8.69. The van der Waals surface area contributed by atoms with E-state index < -0.39 is 45.0 Å². The van der Waals surface area contributed by atoms with Gasteiger partial charge in [-0.25, -0.2) is 0 Å². The van der Waals surface area contributed by atoms with Crippen LogP contribution in [0.5, 0.6) is 0 Å². The van der Waals surface area contributed by atoms with E-state index >= 15 is 0 Å². The quantitative estimate of drug-likeness (QED) is 0.317. The summed E-state index contributed by atoms with van der Waals surface area (Å²) in [7, 11) is 0. The van der Waals surface area contributed by atoms with Crippen molar-refractivity contribution in [3.63, 3.8) is 0 Å². The van der Waals surface area contributed by atoms with Gasteiger partial charge in [0.05, 0.1) is 6.61 Å². The first-order valence-corrected chi connectivity index (χ1v) is 5.39. The SMILES string of the molecule is O=C[C@H](O)[C@@H](O)[C@H](O)[C@H](O)CO.[O]=[Cr](=[O])=[O]. The Morgan fingerprint density at radius 1 is 1.00 bits per heavy atom. The monoisotopic (exact) mass is 280 g/mol. The second-order valence-electron chi connectivity index (χ2n) is 2.56. The summed E-state index contributed by atoms with van der Waals surface area (Å²) in [6, 6.07) is 0. The van der Waals surface area contributed by atoms with E-state index in [0.717, 1.165) is 0 Å². The molecule has 0 saturated heterocycles. The molecule has 4 atom stereocenters. The molecule has 0 aromatic heterocycles. The van der Waals surface area contributed by atoms with Crippen LogP contribution in [0.1, 0.15) is 0 Å². The molecule has 0 fully saturated rings. The zero-order valence-corrected chi connectivity index (χ0v) is 9.15. The van der Waals surface area contributed by atoms with Crippen LogP contribution in [0.2, 0.25) is 0 Å². The summed E-state index contributed by atoms with van der Waals surface area (Å²) >= 11 is -3.79. The number of rotatable bonds is 5. The van der Waals surface area contributed by atoms with Crippen LogP contribution in [0.4, 0.5) is 0 Å².